The van der Waals surface area contributed by atoms with E-state index in [1.165, 1.54) is 16.9 Å². The minimum atomic E-state index is -0.178. The number of amides is 1. The second-order valence-corrected chi connectivity index (χ2v) is 7.64. The Morgan fingerprint density at radius 2 is 2.00 bits per heavy atom. The van der Waals surface area contributed by atoms with Gasteiger partial charge in [-0.2, -0.15) is 0 Å². The van der Waals surface area contributed by atoms with Crippen molar-refractivity contribution >= 4 is 27.9 Å². The van der Waals surface area contributed by atoms with E-state index in [9.17, 15) is 9.90 Å². The second kappa shape index (κ2) is 7.48. The zero-order valence-electron chi connectivity index (χ0n) is 15.8. The molecule has 2 N–H and O–H groups in total. The number of phenols is 1. The molecule has 2 aromatic carbocycles. The van der Waals surface area contributed by atoms with E-state index in [-0.39, 0.29) is 18.1 Å². The quantitative estimate of drug-likeness (QED) is 0.479. The van der Waals surface area contributed by atoms with Crippen LogP contribution in [0.2, 0.25) is 0 Å². The van der Waals surface area contributed by atoms with Crippen LogP contribution in [0.3, 0.4) is 0 Å². The fourth-order valence-corrected chi connectivity index (χ4v) is 3.99. The fourth-order valence-electron chi connectivity index (χ4n) is 3.12. The standard InChI is InChI=1S/C22H21N3O2S/c1-3-15-5-7-16(8-6-15)19-12-25-17(13-28-22(25)24-19)11-21(27)23-18-10-14(2)4-9-20(18)26/h4-10,12-13,26H,3,11H2,1-2H3,(H,23,27). The van der Waals surface area contributed by atoms with Crippen LogP contribution in [0.25, 0.3) is 16.2 Å². The first-order chi connectivity index (χ1) is 13.5. The normalized spacial score (nSPS) is 11.1. The number of thiazole rings is 1. The molecule has 6 heteroatoms. The number of carbonyl (C=O) groups excluding carboxylic acids is 1. The van der Waals surface area contributed by atoms with Crippen LogP contribution >= 0.6 is 11.3 Å². The van der Waals surface area contributed by atoms with Crippen LogP contribution in [-0.4, -0.2) is 20.4 Å². The molecular weight excluding hydrogens is 370 g/mol. The van der Waals surface area contributed by atoms with Crippen molar-refractivity contribution in [3.8, 4) is 17.0 Å². The third-order valence-corrected chi connectivity index (χ3v) is 5.60. The molecule has 28 heavy (non-hydrogen) atoms. The minimum Gasteiger partial charge on any atom is -0.506 e. The molecule has 0 aliphatic rings. The Labute approximate surface area is 167 Å². The summed E-state index contributed by atoms with van der Waals surface area (Å²) in [6.07, 6.45) is 3.19. The summed E-state index contributed by atoms with van der Waals surface area (Å²) in [5, 5.41) is 14.7. The number of benzene rings is 2. The number of aromatic hydroxyl groups is 1. The maximum absolute atomic E-state index is 12.5. The maximum atomic E-state index is 12.5. The average molecular weight is 391 g/mol. The van der Waals surface area contributed by atoms with E-state index in [1.54, 1.807) is 18.2 Å². The molecule has 0 saturated carbocycles. The molecule has 0 saturated heterocycles. The van der Waals surface area contributed by atoms with Gasteiger partial charge in [0, 0.05) is 22.8 Å². The number of nitrogens with zero attached hydrogens (tertiary/aromatic N) is 2. The predicted molar refractivity (Wildman–Crippen MR) is 113 cm³/mol. The Kier molecular flexibility index (Phi) is 4.88. The second-order valence-electron chi connectivity index (χ2n) is 6.80. The molecule has 0 atom stereocenters. The van der Waals surface area contributed by atoms with Crippen molar-refractivity contribution in [3.63, 3.8) is 0 Å². The van der Waals surface area contributed by atoms with Crippen LogP contribution in [0.5, 0.6) is 5.75 Å². The molecule has 0 aliphatic carbocycles. The molecule has 0 unspecified atom stereocenters. The van der Waals surface area contributed by atoms with E-state index in [1.807, 2.05) is 22.9 Å². The van der Waals surface area contributed by atoms with Gasteiger partial charge in [0.2, 0.25) is 5.91 Å². The molecular formula is C22H21N3O2S. The van der Waals surface area contributed by atoms with E-state index in [4.69, 9.17) is 0 Å². The van der Waals surface area contributed by atoms with Gasteiger partial charge in [0.1, 0.15) is 5.75 Å². The van der Waals surface area contributed by atoms with Crippen molar-refractivity contribution in [2.75, 3.05) is 5.32 Å². The zero-order chi connectivity index (χ0) is 19.7. The first-order valence-corrected chi connectivity index (χ1v) is 10.1. The van der Waals surface area contributed by atoms with Gasteiger partial charge in [-0.3, -0.25) is 9.20 Å². The van der Waals surface area contributed by atoms with Crippen LogP contribution in [0.4, 0.5) is 5.69 Å². The number of carbonyl (C=O) groups is 1. The molecule has 1 amide bonds. The number of imidazole rings is 1. The van der Waals surface area contributed by atoms with Crippen molar-refractivity contribution in [2.24, 2.45) is 0 Å². The van der Waals surface area contributed by atoms with E-state index < -0.39 is 0 Å². The lowest BCUT2D eigenvalue weighted by molar-refractivity contribution is -0.115. The smallest absolute Gasteiger partial charge is 0.230 e. The zero-order valence-corrected chi connectivity index (χ0v) is 16.6. The summed E-state index contributed by atoms with van der Waals surface area (Å²) >= 11 is 1.51. The molecule has 142 valence electrons. The molecule has 0 aliphatic heterocycles. The molecule has 0 bridgehead atoms. The lowest BCUT2D eigenvalue weighted by atomic mass is 10.1. The summed E-state index contributed by atoms with van der Waals surface area (Å²) in [5.41, 5.74) is 5.52. The average Bonchev–Trinajstić information content (AvgIpc) is 3.27. The number of anilines is 1. The maximum Gasteiger partial charge on any atom is 0.230 e. The van der Waals surface area contributed by atoms with Gasteiger partial charge in [-0.25, -0.2) is 4.98 Å². The lowest BCUT2D eigenvalue weighted by Gasteiger charge is -2.08. The van der Waals surface area contributed by atoms with Gasteiger partial charge >= 0.3 is 0 Å². The summed E-state index contributed by atoms with van der Waals surface area (Å²) < 4.78 is 1.96. The van der Waals surface area contributed by atoms with Gasteiger partial charge in [0.15, 0.2) is 4.96 Å². The van der Waals surface area contributed by atoms with Crippen molar-refractivity contribution in [2.45, 2.75) is 26.7 Å². The number of phenolic OH excluding ortho intramolecular Hbond substituents is 1. The van der Waals surface area contributed by atoms with Crippen LogP contribution < -0.4 is 5.32 Å². The third kappa shape index (κ3) is 3.64. The largest absolute Gasteiger partial charge is 0.506 e. The molecule has 0 fully saturated rings. The number of rotatable bonds is 5. The van der Waals surface area contributed by atoms with E-state index in [0.717, 1.165) is 33.9 Å². The number of aromatic nitrogens is 2. The number of nitrogens with one attached hydrogen (secondary N) is 1. The van der Waals surface area contributed by atoms with Gasteiger partial charge in [-0.15, -0.1) is 11.3 Å². The van der Waals surface area contributed by atoms with Crippen molar-refractivity contribution < 1.29 is 9.90 Å². The number of hydrogen-bond donors (Lipinski definition) is 2. The molecule has 0 radical (unpaired) electrons. The lowest BCUT2D eigenvalue weighted by Crippen LogP contribution is -2.15. The highest BCUT2D eigenvalue weighted by molar-refractivity contribution is 7.15. The number of hydrogen-bond acceptors (Lipinski definition) is 4. The summed E-state index contributed by atoms with van der Waals surface area (Å²) in [6, 6.07) is 13.5. The van der Waals surface area contributed by atoms with Crippen LogP contribution in [0, 0.1) is 6.92 Å². The highest BCUT2D eigenvalue weighted by Crippen LogP contribution is 2.26. The number of aryl methyl sites for hydroxylation is 2. The first kappa shape index (κ1) is 18.3. The summed E-state index contributed by atoms with van der Waals surface area (Å²) in [5.74, 6) is -0.113. The summed E-state index contributed by atoms with van der Waals surface area (Å²) in [7, 11) is 0. The fraction of sp³-hybridized carbons (Fsp3) is 0.182. The highest BCUT2D eigenvalue weighted by Gasteiger charge is 2.14. The highest BCUT2D eigenvalue weighted by atomic mass is 32.1. The van der Waals surface area contributed by atoms with Gasteiger partial charge in [0.05, 0.1) is 17.8 Å². The van der Waals surface area contributed by atoms with Crippen LogP contribution in [-0.2, 0) is 17.6 Å². The molecule has 4 aromatic rings. The molecule has 5 nitrogen and oxygen atoms in total. The Balaban J connectivity index is 1.55. The third-order valence-electron chi connectivity index (χ3n) is 4.71. The predicted octanol–water partition coefficient (Wildman–Crippen LogP) is 4.82. The van der Waals surface area contributed by atoms with Crippen molar-refractivity contribution in [1.82, 2.24) is 9.38 Å². The first-order valence-electron chi connectivity index (χ1n) is 9.17. The Morgan fingerprint density at radius 3 is 2.75 bits per heavy atom. The van der Waals surface area contributed by atoms with Crippen LogP contribution in [0.1, 0.15) is 23.7 Å². The van der Waals surface area contributed by atoms with E-state index >= 15 is 0 Å². The van der Waals surface area contributed by atoms with E-state index in [0.29, 0.717) is 5.69 Å². The van der Waals surface area contributed by atoms with Crippen LogP contribution in [0.15, 0.2) is 54.0 Å². The van der Waals surface area contributed by atoms with Gasteiger partial charge in [-0.05, 0) is 36.6 Å². The topological polar surface area (TPSA) is 66.6 Å². The van der Waals surface area contributed by atoms with Gasteiger partial charge < -0.3 is 10.4 Å². The van der Waals surface area contributed by atoms with E-state index in [2.05, 4.69) is 41.5 Å². The Hall–Kier alpha value is -3.12. The molecule has 2 heterocycles. The number of fused-ring (bicyclic) bond motifs is 1. The monoisotopic (exact) mass is 391 g/mol. The SMILES string of the molecule is CCc1ccc(-c2cn3c(CC(=O)Nc4cc(C)ccc4O)csc3n2)cc1. The van der Waals surface area contributed by atoms with Crippen molar-refractivity contribution in [1.29, 1.82) is 0 Å². The Bertz CT molecular complexity index is 1140. The molecule has 4 rings (SSSR count). The molecule has 2 aromatic heterocycles. The van der Waals surface area contributed by atoms with Crippen molar-refractivity contribution in [3.05, 3.63) is 70.9 Å². The summed E-state index contributed by atoms with van der Waals surface area (Å²) in [6.45, 7) is 4.05. The summed E-state index contributed by atoms with van der Waals surface area (Å²) in [4.78, 5) is 18.0. The minimum absolute atomic E-state index is 0.0647. The Morgan fingerprint density at radius 1 is 1.21 bits per heavy atom. The van der Waals surface area contributed by atoms with Gasteiger partial charge in [-0.1, -0.05) is 37.3 Å². The molecule has 0 spiro atoms. The van der Waals surface area contributed by atoms with Gasteiger partial charge in [0.25, 0.3) is 0 Å².